The number of hydrogen-bond acceptors (Lipinski definition) is 5. The topological polar surface area (TPSA) is 52.3 Å². The first-order chi connectivity index (χ1) is 8.65. The first-order valence-electron chi connectivity index (χ1n) is 5.77. The van der Waals surface area contributed by atoms with E-state index in [2.05, 4.69) is 4.98 Å². The second-order valence-electron chi connectivity index (χ2n) is 4.52. The molecule has 0 spiro atoms. The highest BCUT2D eigenvalue weighted by atomic mass is 32.1. The van der Waals surface area contributed by atoms with Crippen LogP contribution in [-0.4, -0.2) is 18.1 Å². The molecule has 1 aliphatic carbocycles. The van der Waals surface area contributed by atoms with Gasteiger partial charge >= 0.3 is 5.97 Å². The molecule has 2 aromatic heterocycles. The molecule has 4 nitrogen and oxygen atoms in total. The van der Waals surface area contributed by atoms with Gasteiger partial charge in [-0.05, 0) is 31.9 Å². The van der Waals surface area contributed by atoms with Crippen LogP contribution < -0.4 is 0 Å². The van der Waals surface area contributed by atoms with Gasteiger partial charge in [0.05, 0.1) is 12.8 Å². The fourth-order valence-corrected chi connectivity index (χ4v) is 2.92. The molecule has 0 unspecified atom stereocenters. The predicted octanol–water partition coefficient (Wildman–Crippen LogP) is 2.92. The van der Waals surface area contributed by atoms with Crippen LogP contribution in [0.15, 0.2) is 21.9 Å². The minimum Gasteiger partial charge on any atom is -0.468 e. The highest BCUT2D eigenvalue weighted by Crippen LogP contribution is 2.49. The van der Waals surface area contributed by atoms with Crippen molar-refractivity contribution < 1.29 is 13.9 Å². The lowest BCUT2D eigenvalue weighted by atomic mass is 10.0. The lowest BCUT2D eigenvalue weighted by Crippen LogP contribution is -2.22. The Morgan fingerprint density at radius 2 is 2.28 bits per heavy atom. The zero-order valence-corrected chi connectivity index (χ0v) is 11.0. The summed E-state index contributed by atoms with van der Waals surface area (Å²) in [5.74, 6) is 1.43. The molecule has 5 heteroatoms. The van der Waals surface area contributed by atoms with Gasteiger partial charge in [0.15, 0.2) is 10.8 Å². The predicted molar refractivity (Wildman–Crippen MR) is 67.5 cm³/mol. The zero-order valence-electron chi connectivity index (χ0n) is 10.2. The largest absolute Gasteiger partial charge is 0.468 e. The van der Waals surface area contributed by atoms with Gasteiger partial charge in [0, 0.05) is 5.38 Å². The molecule has 2 heterocycles. The third kappa shape index (κ3) is 1.66. The van der Waals surface area contributed by atoms with Crippen molar-refractivity contribution >= 4 is 17.3 Å². The molecule has 2 aromatic rings. The molecule has 0 N–H and O–H groups in total. The summed E-state index contributed by atoms with van der Waals surface area (Å²) >= 11 is 1.50. The lowest BCUT2D eigenvalue weighted by Gasteiger charge is -2.08. The van der Waals surface area contributed by atoms with Crippen LogP contribution in [0.4, 0.5) is 0 Å². The molecule has 0 saturated heterocycles. The Labute approximate surface area is 109 Å². The number of furan rings is 1. The molecular formula is C13H13NO3S. The fraction of sp³-hybridized carbons (Fsp3) is 0.385. The van der Waals surface area contributed by atoms with E-state index < -0.39 is 5.41 Å². The van der Waals surface area contributed by atoms with E-state index in [0.29, 0.717) is 0 Å². The quantitative estimate of drug-likeness (QED) is 0.799. The Bertz CT molecular complexity index is 595. The highest BCUT2D eigenvalue weighted by molar-refractivity contribution is 7.13. The standard InChI is InChI=1S/C13H13NO3S/c1-8-3-4-9(17-8)11-14-10(7-18-11)13(5-6-13)12(15)16-2/h3-4,7H,5-6H2,1-2H3. The third-order valence-corrected chi connectivity index (χ3v) is 4.13. The summed E-state index contributed by atoms with van der Waals surface area (Å²) in [4.78, 5) is 16.3. The van der Waals surface area contributed by atoms with E-state index in [1.54, 1.807) is 0 Å². The minimum atomic E-state index is -0.495. The summed E-state index contributed by atoms with van der Waals surface area (Å²) in [5, 5.41) is 2.74. The van der Waals surface area contributed by atoms with Crippen molar-refractivity contribution in [2.75, 3.05) is 7.11 Å². The molecule has 94 valence electrons. The molecule has 0 bridgehead atoms. The van der Waals surface area contributed by atoms with E-state index in [1.165, 1.54) is 18.4 Å². The molecule has 0 amide bonds. The van der Waals surface area contributed by atoms with E-state index in [1.807, 2.05) is 24.4 Å². The van der Waals surface area contributed by atoms with Crippen LogP contribution >= 0.6 is 11.3 Å². The average Bonchev–Trinajstić information content (AvgIpc) is 2.84. The molecule has 1 aliphatic rings. The van der Waals surface area contributed by atoms with Gasteiger partial charge in [-0.2, -0.15) is 0 Å². The van der Waals surface area contributed by atoms with E-state index in [4.69, 9.17) is 9.15 Å². The van der Waals surface area contributed by atoms with Crippen LogP contribution in [0.3, 0.4) is 0 Å². The number of nitrogens with zero attached hydrogens (tertiary/aromatic N) is 1. The number of methoxy groups -OCH3 is 1. The molecular weight excluding hydrogens is 250 g/mol. The summed E-state index contributed by atoms with van der Waals surface area (Å²) < 4.78 is 10.4. The van der Waals surface area contributed by atoms with Crippen LogP contribution in [-0.2, 0) is 14.9 Å². The van der Waals surface area contributed by atoms with Crippen molar-refractivity contribution in [2.24, 2.45) is 0 Å². The molecule has 1 saturated carbocycles. The SMILES string of the molecule is COC(=O)C1(c2csc(-c3ccc(C)o3)n2)CC1. The Morgan fingerprint density at radius 1 is 1.50 bits per heavy atom. The minimum absolute atomic E-state index is 0.185. The van der Waals surface area contributed by atoms with Crippen LogP contribution in [0.5, 0.6) is 0 Å². The van der Waals surface area contributed by atoms with E-state index in [-0.39, 0.29) is 5.97 Å². The van der Waals surface area contributed by atoms with Crippen LogP contribution in [0, 0.1) is 6.92 Å². The molecule has 0 aliphatic heterocycles. The van der Waals surface area contributed by atoms with Gasteiger partial charge < -0.3 is 9.15 Å². The van der Waals surface area contributed by atoms with E-state index in [0.717, 1.165) is 35.1 Å². The number of aryl methyl sites for hydroxylation is 1. The third-order valence-electron chi connectivity index (χ3n) is 3.27. The second kappa shape index (κ2) is 3.95. The molecule has 1 fully saturated rings. The monoisotopic (exact) mass is 263 g/mol. The fourth-order valence-electron chi connectivity index (χ4n) is 2.04. The normalized spacial score (nSPS) is 16.6. The van der Waals surface area contributed by atoms with Crippen molar-refractivity contribution in [3.8, 4) is 10.8 Å². The summed E-state index contributed by atoms with van der Waals surface area (Å²) in [6.07, 6.45) is 1.64. The summed E-state index contributed by atoms with van der Waals surface area (Å²) in [5.41, 5.74) is 0.314. The average molecular weight is 263 g/mol. The number of ether oxygens (including phenoxy) is 1. The number of esters is 1. The van der Waals surface area contributed by atoms with Gasteiger partial charge in [-0.3, -0.25) is 4.79 Å². The number of thiazole rings is 1. The Morgan fingerprint density at radius 3 is 2.83 bits per heavy atom. The van der Waals surface area contributed by atoms with Gasteiger partial charge in [-0.1, -0.05) is 0 Å². The number of carbonyl (C=O) groups is 1. The zero-order chi connectivity index (χ0) is 12.8. The smallest absolute Gasteiger partial charge is 0.317 e. The maximum atomic E-state index is 11.8. The molecule has 0 aromatic carbocycles. The Kier molecular flexibility index (Phi) is 2.52. The van der Waals surface area contributed by atoms with Gasteiger partial charge in [-0.25, -0.2) is 4.98 Å². The molecule has 0 radical (unpaired) electrons. The van der Waals surface area contributed by atoms with Crippen LogP contribution in [0.25, 0.3) is 10.8 Å². The Balaban J connectivity index is 1.93. The van der Waals surface area contributed by atoms with Gasteiger partial charge in [0.1, 0.15) is 11.2 Å². The number of carbonyl (C=O) groups excluding carboxylic acids is 1. The van der Waals surface area contributed by atoms with Crippen molar-refractivity contribution in [3.63, 3.8) is 0 Å². The van der Waals surface area contributed by atoms with E-state index >= 15 is 0 Å². The summed E-state index contributed by atoms with van der Waals surface area (Å²) in [6.45, 7) is 1.90. The lowest BCUT2D eigenvalue weighted by molar-refractivity contribution is -0.143. The molecule has 18 heavy (non-hydrogen) atoms. The van der Waals surface area contributed by atoms with Gasteiger partial charge in [-0.15, -0.1) is 11.3 Å². The maximum absolute atomic E-state index is 11.8. The summed E-state index contributed by atoms with van der Waals surface area (Å²) in [6, 6.07) is 3.80. The maximum Gasteiger partial charge on any atom is 0.317 e. The number of rotatable bonds is 3. The van der Waals surface area contributed by atoms with Crippen LogP contribution in [0.2, 0.25) is 0 Å². The van der Waals surface area contributed by atoms with Crippen molar-refractivity contribution in [1.82, 2.24) is 4.98 Å². The first kappa shape index (κ1) is 11.5. The van der Waals surface area contributed by atoms with Gasteiger partial charge in [0.2, 0.25) is 0 Å². The first-order valence-corrected chi connectivity index (χ1v) is 6.65. The molecule has 0 atom stereocenters. The van der Waals surface area contributed by atoms with Crippen molar-refractivity contribution in [1.29, 1.82) is 0 Å². The van der Waals surface area contributed by atoms with Gasteiger partial charge in [0.25, 0.3) is 0 Å². The Hall–Kier alpha value is -1.62. The summed E-state index contributed by atoms with van der Waals surface area (Å²) in [7, 11) is 1.42. The van der Waals surface area contributed by atoms with Crippen molar-refractivity contribution in [2.45, 2.75) is 25.2 Å². The second-order valence-corrected chi connectivity index (χ2v) is 5.38. The molecule has 3 rings (SSSR count). The number of hydrogen-bond donors (Lipinski definition) is 0. The number of aromatic nitrogens is 1. The van der Waals surface area contributed by atoms with Crippen molar-refractivity contribution in [3.05, 3.63) is 29.0 Å². The highest BCUT2D eigenvalue weighted by Gasteiger charge is 2.54. The van der Waals surface area contributed by atoms with E-state index in [9.17, 15) is 4.79 Å². The van der Waals surface area contributed by atoms with Crippen LogP contribution in [0.1, 0.15) is 24.3 Å².